The first-order valence-corrected chi connectivity index (χ1v) is 3.35. The molecular weight excluding hydrogens is 156 g/mol. The smallest absolute Gasteiger partial charge is 0.336 e. The number of benzene rings is 1. The van der Waals surface area contributed by atoms with Crippen LogP contribution in [0.5, 0.6) is 0 Å². The van der Waals surface area contributed by atoms with Crippen molar-refractivity contribution in [2.45, 2.75) is 0 Å². The highest BCUT2D eigenvalue weighted by Crippen LogP contribution is 2.08. The highest BCUT2D eigenvalue weighted by atomic mass is 16.4. The number of rotatable bonds is 0. The van der Waals surface area contributed by atoms with Gasteiger partial charge in [0.05, 0.1) is 0 Å². The summed E-state index contributed by atoms with van der Waals surface area (Å²) >= 11 is 0. The van der Waals surface area contributed by atoms with E-state index < -0.39 is 0 Å². The quantitative estimate of drug-likeness (QED) is 0.553. The molecule has 0 bridgehead atoms. The lowest BCUT2D eigenvalue weighted by Gasteiger charge is -1.91. The molecule has 0 aliphatic carbocycles. The molecule has 0 amide bonds. The molecule has 0 aliphatic heterocycles. The standard InChI is InChI=1S/C9H6O2.O/c10-9-6-5-7-3-1-2-4-8(7)11-9;/h1-6H;. The summed E-state index contributed by atoms with van der Waals surface area (Å²) in [4.78, 5) is 10.7. The predicted molar refractivity (Wildman–Crippen MR) is 43.2 cm³/mol. The molecule has 1 aromatic heterocycles. The fourth-order valence-electron chi connectivity index (χ4n) is 1.01. The van der Waals surface area contributed by atoms with Crippen LogP contribution in [0.4, 0.5) is 0 Å². The van der Waals surface area contributed by atoms with Gasteiger partial charge in [0.25, 0.3) is 0 Å². The molecule has 60 valence electrons. The fourth-order valence-corrected chi connectivity index (χ4v) is 1.01. The normalized spacial score (nSPS) is 9.33. The van der Waals surface area contributed by atoms with Gasteiger partial charge in [-0.05, 0) is 12.1 Å². The number of hydrogen-bond donors (Lipinski definition) is 0. The van der Waals surface area contributed by atoms with Crippen LogP contribution < -0.4 is 5.63 Å². The summed E-state index contributed by atoms with van der Waals surface area (Å²) in [5.74, 6) is 0. The summed E-state index contributed by atoms with van der Waals surface area (Å²) in [7, 11) is 0. The van der Waals surface area contributed by atoms with Crippen LogP contribution in [0.3, 0.4) is 0 Å². The first-order valence-electron chi connectivity index (χ1n) is 3.35. The van der Waals surface area contributed by atoms with Crippen LogP contribution in [0.15, 0.2) is 45.6 Å². The number of para-hydroxylation sites is 1. The first-order chi connectivity index (χ1) is 5.36. The summed E-state index contributed by atoms with van der Waals surface area (Å²) in [5, 5.41) is 0.951. The molecule has 0 saturated heterocycles. The zero-order chi connectivity index (χ0) is 7.68. The molecule has 0 atom stereocenters. The van der Waals surface area contributed by atoms with Gasteiger partial charge < -0.3 is 4.42 Å². The van der Waals surface area contributed by atoms with Gasteiger partial charge in [0.1, 0.15) is 5.58 Å². The Labute approximate surface area is 68.6 Å². The molecule has 2 rings (SSSR count). The molecule has 0 aliphatic rings. The summed E-state index contributed by atoms with van der Waals surface area (Å²) < 4.78 is 4.91. The van der Waals surface area contributed by atoms with E-state index in [-0.39, 0.29) is 11.1 Å². The molecule has 0 N–H and O–H groups in total. The number of fused-ring (bicyclic) bond motifs is 1. The van der Waals surface area contributed by atoms with Gasteiger partial charge in [-0.3, -0.25) is 0 Å². The third-order valence-corrected chi connectivity index (χ3v) is 1.53. The van der Waals surface area contributed by atoms with E-state index in [1.807, 2.05) is 18.2 Å². The second-order valence-electron chi connectivity index (χ2n) is 2.29. The first kappa shape index (κ1) is 8.49. The molecule has 1 aromatic carbocycles. The Hall–Kier alpha value is -1.61. The maximum Gasteiger partial charge on any atom is 0.336 e. The lowest BCUT2D eigenvalue weighted by Crippen LogP contribution is -1.93. The zero-order valence-corrected chi connectivity index (χ0v) is 6.19. The maximum absolute atomic E-state index is 10.7. The van der Waals surface area contributed by atoms with Gasteiger partial charge in [0, 0.05) is 16.9 Å². The Balaban J connectivity index is 0.000000720. The van der Waals surface area contributed by atoms with E-state index >= 15 is 0 Å². The highest BCUT2D eigenvalue weighted by molar-refractivity contribution is 5.75. The Morgan fingerprint density at radius 2 is 1.75 bits per heavy atom. The molecular formula is C9H6O3. The number of hydrogen-bond acceptors (Lipinski definition) is 2. The van der Waals surface area contributed by atoms with Crippen molar-refractivity contribution in [2.75, 3.05) is 0 Å². The summed E-state index contributed by atoms with van der Waals surface area (Å²) in [5.41, 5.74) is 0.337. The van der Waals surface area contributed by atoms with Gasteiger partial charge in [-0.2, -0.15) is 0 Å². The second-order valence-corrected chi connectivity index (χ2v) is 2.29. The van der Waals surface area contributed by atoms with Crippen LogP contribution in [-0.4, -0.2) is 0 Å². The minimum absolute atomic E-state index is 0. The van der Waals surface area contributed by atoms with Gasteiger partial charge in [0.15, 0.2) is 0 Å². The Kier molecular flexibility index (Phi) is 2.26. The van der Waals surface area contributed by atoms with Crippen molar-refractivity contribution >= 4 is 11.0 Å². The summed E-state index contributed by atoms with van der Waals surface area (Å²) in [6, 6.07) is 10.6. The van der Waals surface area contributed by atoms with E-state index in [9.17, 15) is 4.79 Å². The van der Waals surface area contributed by atoms with Gasteiger partial charge >= 0.3 is 5.63 Å². The topological polar surface area (TPSA) is 58.7 Å². The van der Waals surface area contributed by atoms with Gasteiger partial charge in [0.2, 0.25) is 0 Å². The molecule has 1 heterocycles. The van der Waals surface area contributed by atoms with E-state index in [1.165, 1.54) is 6.07 Å². The molecule has 2 radical (unpaired) electrons. The van der Waals surface area contributed by atoms with Crippen molar-refractivity contribution in [1.82, 2.24) is 0 Å². The van der Waals surface area contributed by atoms with E-state index in [2.05, 4.69) is 0 Å². The highest BCUT2D eigenvalue weighted by Gasteiger charge is 1.92. The lowest BCUT2D eigenvalue weighted by atomic mass is 10.2. The van der Waals surface area contributed by atoms with E-state index in [0.717, 1.165) is 5.39 Å². The van der Waals surface area contributed by atoms with Crippen LogP contribution in [0.25, 0.3) is 11.0 Å². The van der Waals surface area contributed by atoms with Crippen LogP contribution >= 0.6 is 0 Å². The monoisotopic (exact) mass is 162 g/mol. The minimum atomic E-state index is -0.302. The predicted octanol–water partition coefficient (Wildman–Crippen LogP) is 1.67. The maximum atomic E-state index is 10.7. The van der Waals surface area contributed by atoms with Crippen molar-refractivity contribution in [3.63, 3.8) is 0 Å². The summed E-state index contributed by atoms with van der Waals surface area (Å²) in [6.07, 6.45) is 0. The average Bonchev–Trinajstić information content (AvgIpc) is 2.04. The average molecular weight is 162 g/mol. The third-order valence-electron chi connectivity index (χ3n) is 1.53. The van der Waals surface area contributed by atoms with Crippen molar-refractivity contribution < 1.29 is 9.89 Å². The minimum Gasteiger partial charge on any atom is -0.423 e. The Morgan fingerprint density at radius 1 is 1.00 bits per heavy atom. The van der Waals surface area contributed by atoms with Crippen LogP contribution in [0.2, 0.25) is 0 Å². The molecule has 12 heavy (non-hydrogen) atoms. The Bertz CT molecular complexity index is 431. The van der Waals surface area contributed by atoms with Crippen molar-refractivity contribution in [3.8, 4) is 0 Å². The Morgan fingerprint density at radius 3 is 2.58 bits per heavy atom. The van der Waals surface area contributed by atoms with Crippen molar-refractivity contribution in [2.24, 2.45) is 0 Å². The fraction of sp³-hybridized carbons (Fsp3) is 0. The largest absolute Gasteiger partial charge is 0.423 e. The van der Waals surface area contributed by atoms with Gasteiger partial charge in [-0.15, -0.1) is 0 Å². The van der Waals surface area contributed by atoms with Crippen LogP contribution in [0, 0.1) is 0 Å². The van der Waals surface area contributed by atoms with E-state index in [1.54, 1.807) is 12.1 Å². The molecule has 3 nitrogen and oxygen atoms in total. The van der Waals surface area contributed by atoms with E-state index in [0.29, 0.717) is 5.58 Å². The lowest BCUT2D eigenvalue weighted by molar-refractivity contribution is 0.561. The summed E-state index contributed by atoms with van der Waals surface area (Å²) in [6.45, 7) is 0. The third kappa shape index (κ3) is 1.35. The SMILES string of the molecule is O=c1ccc2ccccc2o1.[O]. The van der Waals surface area contributed by atoms with Crippen LogP contribution in [-0.2, 0) is 5.48 Å². The zero-order valence-electron chi connectivity index (χ0n) is 6.19. The second kappa shape index (κ2) is 3.19. The van der Waals surface area contributed by atoms with Crippen LogP contribution in [0.1, 0.15) is 0 Å². The molecule has 0 spiro atoms. The van der Waals surface area contributed by atoms with E-state index in [4.69, 9.17) is 4.42 Å². The van der Waals surface area contributed by atoms with Gasteiger partial charge in [-0.1, -0.05) is 18.2 Å². The van der Waals surface area contributed by atoms with Gasteiger partial charge in [-0.25, -0.2) is 4.79 Å². The molecule has 2 aromatic rings. The molecule has 0 saturated carbocycles. The molecule has 3 heteroatoms. The molecule has 0 unspecified atom stereocenters. The van der Waals surface area contributed by atoms with Crippen molar-refractivity contribution in [3.05, 3.63) is 46.8 Å². The molecule has 0 fully saturated rings. The van der Waals surface area contributed by atoms with Crippen molar-refractivity contribution in [1.29, 1.82) is 0 Å².